The largest absolute Gasteiger partial charge is 0.491 e. The van der Waals surface area contributed by atoms with Crippen LogP contribution in [0, 0.1) is 12.3 Å². The minimum absolute atomic E-state index is 0. The summed E-state index contributed by atoms with van der Waals surface area (Å²) in [6, 6.07) is 13.6. The molecule has 4 aromatic rings. The van der Waals surface area contributed by atoms with E-state index in [0.717, 1.165) is 66.7 Å². The molecule has 38 heavy (non-hydrogen) atoms. The Bertz CT molecular complexity index is 1530. The summed E-state index contributed by atoms with van der Waals surface area (Å²) in [5, 5.41) is 3.62. The second kappa shape index (κ2) is 9.09. The second-order valence-electron chi connectivity index (χ2n) is 12.0. The van der Waals surface area contributed by atoms with Crippen LogP contribution in [0.25, 0.3) is 22.2 Å². The molecule has 2 N–H and O–H groups in total. The SMILES string of the molecule is Cc1nc2ccc(-c3ccc4c(c3)CN(c3nc(CNC5CC5)nc5c3CC(C)(C)CC5)CCO4)cc2[nH]1.[HH].[HH]. The molecule has 0 spiro atoms. The van der Waals surface area contributed by atoms with Crippen molar-refractivity contribution in [2.45, 2.75) is 72.0 Å². The van der Waals surface area contributed by atoms with Crippen molar-refractivity contribution < 1.29 is 7.59 Å². The third-order valence-corrected chi connectivity index (χ3v) is 8.21. The predicted octanol–water partition coefficient (Wildman–Crippen LogP) is 5.99. The van der Waals surface area contributed by atoms with E-state index in [1.807, 2.05) is 6.92 Å². The number of H-pyrrole nitrogens is 1. The van der Waals surface area contributed by atoms with Crippen molar-refractivity contribution in [2.75, 3.05) is 18.1 Å². The molecule has 7 heteroatoms. The van der Waals surface area contributed by atoms with Crippen molar-refractivity contribution in [3.63, 3.8) is 0 Å². The predicted molar refractivity (Wildman–Crippen MR) is 155 cm³/mol. The van der Waals surface area contributed by atoms with Crippen LogP contribution >= 0.6 is 0 Å². The fourth-order valence-electron chi connectivity index (χ4n) is 5.91. The Kier molecular flexibility index (Phi) is 5.65. The van der Waals surface area contributed by atoms with Crippen LogP contribution < -0.4 is 15.0 Å². The fourth-order valence-corrected chi connectivity index (χ4v) is 5.91. The van der Waals surface area contributed by atoms with Crippen LogP contribution in [0.2, 0.25) is 0 Å². The summed E-state index contributed by atoms with van der Waals surface area (Å²) in [6.45, 7) is 9.70. The summed E-state index contributed by atoms with van der Waals surface area (Å²) in [4.78, 5) is 20.6. The first kappa shape index (κ1) is 23.7. The Morgan fingerprint density at radius 3 is 2.82 bits per heavy atom. The number of ether oxygens (including phenoxy) is 1. The van der Waals surface area contributed by atoms with E-state index in [-0.39, 0.29) is 8.27 Å². The average Bonchev–Trinajstić information content (AvgIpc) is 3.68. The highest BCUT2D eigenvalue weighted by molar-refractivity contribution is 5.82. The highest BCUT2D eigenvalue weighted by atomic mass is 16.5. The summed E-state index contributed by atoms with van der Waals surface area (Å²) in [7, 11) is 0. The third-order valence-electron chi connectivity index (χ3n) is 8.21. The lowest BCUT2D eigenvalue weighted by atomic mass is 9.76. The zero-order chi connectivity index (χ0) is 25.9. The summed E-state index contributed by atoms with van der Waals surface area (Å²) in [6.07, 6.45) is 5.74. The van der Waals surface area contributed by atoms with Crippen molar-refractivity contribution in [2.24, 2.45) is 5.41 Å². The van der Waals surface area contributed by atoms with Gasteiger partial charge in [0.2, 0.25) is 0 Å². The lowest BCUT2D eigenvalue weighted by Gasteiger charge is -2.34. The maximum absolute atomic E-state index is 6.25. The molecule has 1 aliphatic heterocycles. The van der Waals surface area contributed by atoms with Gasteiger partial charge in [-0.1, -0.05) is 26.0 Å². The Hall–Kier alpha value is -3.45. The molecule has 0 unspecified atom stereocenters. The first-order chi connectivity index (χ1) is 18.4. The molecular weight excluding hydrogens is 472 g/mol. The quantitative estimate of drug-likeness (QED) is 0.342. The van der Waals surface area contributed by atoms with Gasteiger partial charge in [-0.25, -0.2) is 15.0 Å². The lowest BCUT2D eigenvalue weighted by molar-refractivity contribution is 0.310. The van der Waals surface area contributed by atoms with Crippen molar-refractivity contribution in [3.8, 4) is 16.9 Å². The highest BCUT2D eigenvalue weighted by Gasteiger charge is 2.32. The number of nitrogens with zero attached hydrogens (tertiary/aromatic N) is 4. The molecule has 1 fully saturated rings. The minimum Gasteiger partial charge on any atom is -0.491 e. The number of rotatable bonds is 5. The van der Waals surface area contributed by atoms with Gasteiger partial charge in [-0.2, -0.15) is 0 Å². The van der Waals surface area contributed by atoms with E-state index in [2.05, 4.69) is 70.4 Å². The van der Waals surface area contributed by atoms with E-state index >= 15 is 0 Å². The number of hydrogen-bond acceptors (Lipinski definition) is 6. The minimum atomic E-state index is 0. The smallest absolute Gasteiger partial charge is 0.144 e. The number of nitrogens with one attached hydrogen (secondary N) is 2. The van der Waals surface area contributed by atoms with Crippen LogP contribution in [-0.4, -0.2) is 39.1 Å². The molecule has 3 heterocycles. The molecule has 0 atom stereocenters. The Labute approximate surface area is 227 Å². The third kappa shape index (κ3) is 4.64. The van der Waals surface area contributed by atoms with Crippen molar-refractivity contribution in [3.05, 3.63) is 64.9 Å². The fraction of sp³-hybridized carbons (Fsp3) is 0.452. The molecule has 0 bridgehead atoms. The van der Waals surface area contributed by atoms with Crippen LogP contribution in [0.1, 0.15) is 64.4 Å². The van der Waals surface area contributed by atoms with Crippen LogP contribution in [-0.2, 0) is 25.9 Å². The van der Waals surface area contributed by atoms with Gasteiger partial charge in [0.15, 0.2) is 0 Å². The molecule has 2 aliphatic carbocycles. The number of aryl methyl sites for hydroxylation is 2. The number of fused-ring (bicyclic) bond motifs is 3. The van der Waals surface area contributed by atoms with E-state index < -0.39 is 0 Å². The molecule has 0 amide bonds. The molecule has 3 aliphatic rings. The van der Waals surface area contributed by atoms with Gasteiger partial charge < -0.3 is 19.9 Å². The van der Waals surface area contributed by atoms with Crippen LogP contribution in [0.4, 0.5) is 5.82 Å². The van der Waals surface area contributed by atoms with E-state index in [9.17, 15) is 0 Å². The topological polar surface area (TPSA) is 79.0 Å². The molecule has 7 nitrogen and oxygen atoms in total. The van der Waals surface area contributed by atoms with Gasteiger partial charge in [0.25, 0.3) is 0 Å². The van der Waals surface area contributed by atoms with Crippen molar-refractivity contribution >= 4 is 16.9 Å². The summed E-state index contributed by atoms with van der Waals surface area (Å²) in [5.41, 5.74) is 8.45. The molecule has 2 aromatic carbocycles. The maximum Gasteiger partial charge on any atom is 0.144 e. The first-order valence-electron chi connectivity index (χ1n) is 14.0. The van der Waals surface area contributed by atoms with Gasteiger partial charge in [-0.15, -0.1) is 0 Å². The van der Waals surface area contributed by atoms with E-state index in [4.69, 9.17) is 14.7 Å². The molecule has 7 rings (SSSR count). The molecule has 200 valence electrons. The Morgan fingerprint density at radius 1 is 1.11 bits per heavy atom. The van der Waals surface area contributed by atoms with Crippen molar-refractivity contribution in [1.29, 1.82) is 0 Å². The monoisotopic (exact) mass is 512 g/mol. The maximum atomic E-state index is 6.25. The van der Waals surface area contributed by atoms with Crippen LogP contribution in [0.3, 0.4) is 0 Å². The molecular formula is C31H40N6O. The van der Waals surface area contributed by atoms with E-state index in [1.165, 1.54) is 47.2 Å². The zero-order valence-corrected chi connectivity index (χ0v) is 22.6. The summed E-state index contributed by atoms with van der Waals surface area (Å²) < 4.78 is 6.25. The van der Waals surface area contributed by atoms with Crippen LogP contribution in [0.15, 0.2) is 36.4 Å². The van der Waals surface area contributed by atoms with Gasteiger partial charge >= 0.3 is 0 Å². The summed E-state index contributed by atoms with van der Waals surface area (Å²) >= 11 is 0. The molecule has 0 radical (unpaired) electrons. The Balaban J connectivity index is 0.00000161. The number of aromatic nitrogens is 4. The average molecular weight is 513 g/mol. The van der Waals surface area contributed by atoms with Gasteiger partial charge in [0.1, 0.15) is 29.8 Å². The van der Waals surface area contributed by atoms with Gasteiger partial charge in [-0.3, -0.25) is 0 Å². The number of hydrogen-bond donors (Lipinski definition) is 2. The van der Waals surface area contributed by atoms with Crippen LogP contribution in [0.5, 0.6) is 5.75 Å². The zero-order valence-electron chi connectivity index (χ0n) is 22.6. The Morgan fingerprint density at radius 2 is 1.95 bits per heavy atom. The van der Waals surface area contributed by atoms with Gasteiger partial charge in [-0.05, 0) is 79.8 Å². The first-order valence-corrected chi connectivity index (χ1v) is 14.0. The lowest BCUT2D eigenvalue weighted by Crippen LogP contribution is -2.32. The number of aromatic amines is 1. The van der Waals surface area contributed by atoms with Gasteiger partial charge in [0.05, 0.1) is 24.1 Å². The second-order valence-corrected chi connectivity index (χ2v) is 12.0. The summed E-state index contributed by atoms with van der Waals surface area (Å²) in [5.74, 6) is 3.93. The molecule has 2 aromatic heterocycles. The molecule has 0 saturated heterocycles. The number of imidazole rings is 1. The van der Waals surface area contributed by atoms with E-state index in [1.54, 1.807) is 0 Å². The number of anilines is 1. The van der Waals surface area contributed by atoms with E-state index in [0.29, 0.717) is 12.6 Å². The standard InChI is InChI=1S/C31H36N6O.2H2/c1-19-33-26-8-4-21(15-27(26)34-19)20-5-9-28-22(14-20)18-37(12-13-38-28)30-24-16-31(2,3)11-10-25(24)35-29(36-30)17-32-23-6-7-23;;/h4-5,8-9,14-15,23,32H,6-7,10-13,16-18H2,1-3H3,(H,33,34);2*1H. The van der Waals surface area contributed by atoms with Gasteiger partial charge in [0, 0.05) is 32.3 Å². The molecule has 1 saturated carbocycles. The number of benzene rings is 2. The van der Waals surface area contributed by atoms with Crippen molar-refractivity contribution in [1.82, 2.24) is 25.3 Å². The normalized spacial score (nSPS) is 18.6. The highest BCUT2D eigenvalue weighted by Crippen LogP contribution is 2.39.